The average molecular weight is 428 g/mol. The third kappa shape index (κ3) is 8.24. The fraction of sp³-hybridized carbons (Fsp3) is 0.846. The molecule has 0 aliphatic heterocycles. The van der Waals surface area contributed by atoms with E-state index in [-0.39, 0.29) is 13.0 Å². The maximum Gasteiger partial charge on any atom is 0.432 e. The van der Waals surface area contributed by atoms with Gasteiger partial charge in [0.1, 0.15) is 5.60 Å². The van der Waals surface area contributed by atoms with E-state index in [1.54, 1.807) is 20.8 Å². The Morgan fingerprint density at radius 1 is 1.11 bits per heavy atom. The van der Waals surface area contributed by atoms with Crippen LogP contribution in [-0.2, 0) is 24.4 Å². The maximum atomic E-state index is 13.2. The molecule has 0 saturated heterocycles. The molecule has 0 aliphatic rings. The van der Waals surface area contributed by atoms with Gasteiger partial charge in [-0.3, -0.25) is 4.79 Å². The fourth-order valence-electron chi connectivity index (χ4n) is 1.54. The van der Waals surface area contributed by atoms with Gasteiger partial charge in [0.15, 0.2) is 10.1 Å². The molecular formula is C13H19F5NO7S-. The molecule has 0 aromatic heterocycles. The second-order valence-electron chi connectivity index (χ2n) is 6.43. The predicted octanol–water partition coefficient (Wildman–Crippen LogP) is 2.25. The number of carbonyl (C=O) groups excluding carboxylic acids is 2. The number of nitrogens with zero attached hydrogens (tertiary/aromatic N) is 1. The van der Waals surface area contributed by atoms with Gasteiger partial charge < -0.3 is 18.9 Å². The Morgan fingerprint density at radius 2 is 1.59 bits per heavy atom. The Kier molecular flexibility index (Phi) is 8.00. The quantitative estimate of drug-likeness (QED) is 0.347. The minimum atomic E-state index is -6.74. The fourth-order valence-corrected chi connectivity index (χ4v) is 1.98. The van der Waals surface area contributed by atoms with Crippen molar-refractivity contribution in [3.8, 4) is 0 Å². The van der Waals surface area contributed by atoms with Crippen LogP contribution in [0.4, 0.5) is 26.7 Å². The lowest BCUT2D eigenvalue weighted by molar-refractivity contribution is -0.259. The van der Waals surface area contributed by atoms with Crippen molar-refractivity contribution in [1.82, 2.24) is 4.90 Å². The number of hydrogen-bond acceptors (Lipinski definition) is 7. The van der Waals surface area contributed by atoms with Crippen LogP contribution in [0.25, 0.3) is 0 Å². The topological polar surface area (TPSA) is 113 Å². The Labute approximate surface area is 152 Å². The first-order valence-corrected chi connectivity index (χ1v) is 8.73. The van der Waals surface area contributed by atoms with Gasteiger partial charge in [0, 0.05) is 20.0 Å². The van der Waals surface area contributed by atoms with E-state index < -0.39 is 51.7 Å². The van der Waals surface area contributed by atoms with E-state index in [4.69, 9.17) is 4.74 Å². The van der Waals surface area contributed by atoms with Crippen molar-refractivity contribution < 1.29 is 54.0 Å². The van der Waals surface area contributed by atoms with Gasteiger partial charge in [-0.2, -0.15) is 22.0 Å². The van der Waals surface area contributed by atoms with Crippen molar-refractivity contribution in [2.75, 3.05) is 13.6 Å². The van der Waals surface area contributed by atoms with Gasteiger partial charge in [0.25, 0.3) is 6.10 Å². The van der Waals surface area contributed by atoms with E-state index in [0.29, 0.717) is 0 Å². The standard InChI is InChI=1S/C13H20F5NO7S/c1-11(2,3)26-10(21)19(4)7-5-6-8(20)25-9(12(14,15)16)13(17,18)27(22,23)24/h9H,5-7H2,1-4H3,(H,22,23,24)/p-1. The zero-order valence-electron chi connectivity index (χ0n) is 14.8. The number of esters is 1. The van der Waals surface area contributed by atoms with Crippen LogP contribution in [0.2, 0.25) is 0 Å². The highest BCUT2D eigenvalue weighted by atomic mass is 32.2. The van der Waals surface area contributed by atoms with Crippen LogP contribution in [0.1, 0.15) is 33.6 Å². The van der Waals surface area contributed by atoms with Gasteiger partial charge in [0.2, 0.25) is 0 Å². The number of rotatable bonds is 7. The van der Waals surface area contributed by atoms with Crippen molar-refractivity contribution in [3.63, 3.8) is 0 Å². The Balaban J connectivity index is 4.85. The normalized spacial score (nSPS) is 14.4. The number of halogens is 5. The summed E-state index contributed by atoms with van der Waals surface area (Å²) in [6, 6.07) is 0. The average Bonchev–Trinajstić information content (AvgIpc) is 2.40. The lowest BCUT2D eigenvalue weighted by Crippen LogP contribution is -2.52. The van der Waals surface area contributed by atoms with Gasteiger partial charge in [-0.1, -0.05) is 0 Å². The minimum absolute atomic E-state index is 0.197. The van der Waals surface area contributed by atoms with Crippen molar-refractivity contribution in [2.24, 2.45) is 0 Å². The van der Waals surface area contributed by atoms with Gasteiger partial charge in [-0.05, 0) is 27.2 Å². The molecule has 1 amide bonds. The first kappa shape index (κ1) is 25.3. The summed E-state index contributed by atoms with van der Waals surface area (Å²) in [5.41, 5.74) is -0.820. The predicted molar refractivity (Wildman–Crippen MR) is 78.7 cm³/mol. The number of amides is 1. The van der Waals surface area contributed by atoms with E-state index in [9.17, 15) is 44.5 Å². The second-order valence-corrected chi connectivity index (χ2v) is 7.89. The molecule has 0 bridgehead atoms. The van der Waals surface area contributed by atoms with Gasteiger partial charge >= 0.3 is 23.5 Å². The highest BCUT2D eigenvalue weighted by Gasteiger charge is 2.62. The summed E-state index contributed by atoms with van der Waals surface area (Å²) in [4.78, 5) is 24.0. The lowest BCUT2D eigenvalue weighted by atomic mass is 10.2. The molecule has 1 unspecified atom stereocenters. The molecule has 0 aliphatic carbocycles. The van der Waals surface area contributed by atoms with E-state index in [1.165, 1.54) is 7.05 Å². The van der Waals surface area contributed by atoms with Crippen LogP contribution < -0.4 is 0 Å². The van der Waals surface area contributed by atoms with E-state index in [0.717, 1.165) is 4.90 Å². The molecule has 1 atom stereocenters. The highest BCUT2D eigenvalue weighted by Crippen LogP contribution is 2.38. The van der Waals surface area contributed by atoms with Crippen LogP contribution in [0.15, 0.2) is 0 Å². The molecule has 0 N–H and O–H groups in total. The Hall–Kier alpha value is -1.70. The summed E-state index contributed by atoms with van der Waals surface area (Å²) < 4.78 is 104. The van der Waals surface area contributed by atoms with Crippen molar-refractivity contribution >= 4 is 22.2 Å². The summed E-state index contributed by atoms with van der Waals surface area (Å²) >= 11 is 0. The molecule has 0 fully saturated rings. The van der Waals surface area contributed by atoms with E-state index in [1.807, 2.05) is 0 Å². The SMILES string of the molecule is CN(CCCC(=O)OC(C(F)(F)F)C(F)(F)S(=O)(=O)[O-])C(=O)OC(C)(C)C. The summed E-state index contributed by atoms with van der Waals surface area (Å²) in [5.74, 6) is -1.82. The van der Waals surface area contributed by atoms with E-state index >= 15 is 0 Å². The highest BCUT2D eigenvalue weighted by molar-refractivity contribution is 7.86. The third-order valence-electron chi connectivity index (χ3n) is 2.76. The monoisotopic (exact) mass is 428 g/mol. The van der Waals surface area contributed by atoms with E-state index in [2.05, 4.69) is 4.74 Å². The summed E-state index contributed by atoms with van der Waals surface area (Å²) in [6.45, 7) is 4.55. The molecule has 0 aromatic carbocycles. The molecule has 8 nitrogen and oxygen atoms in total. The molecule has 160 valence electrons. The first-order chi connectivity index (χ1) is 11.8. The van der Waals surface area contributed by atoms with Crippen molar-refractivity contribution in [3.05, 3.63) is 0 Å². The number of carbonyl (C=O) groups is 2. The minimum Gasteiger partial charge on any atom is -0.743 e. The van der Waals surface area contributed by atoms with Crippen LogP contribution in [0.3, 0.4) is 0 Å². The largest absolute Gasteiger partial charge is 0.743 e. The molecular weight excluding hydrogens is 409 g/mol. The molecule has 0 heterocycles. The molecule has 14 heteroatoms. The summed E-state index contributed by atoms with van der Waals surface area (Å²) in [6.07, 6.45) is -12.4. The second kappa shape index (κ2) is 8.54. The summed E-state index contributed by atoms with van der Waals surface area (Å²) in [5, 5.41) is -5.89. The van der Waals surface area contributed by atoms with Crippen molar-refractivity contribution in [1.29, 1.82) is 0 Å². The molecule has 0 spiro atoms. The van der Waals surface area contributed by atoms with Crippen molar-refractivity contribution in [2.45, 2.75) is 56.7 Å². The van der Waals surface area contributed by atoms with Crippen LogP contribution in [0, 0.1) is 0 Å². The Bertz CT molecular complexity index is 642. The maximum absolute atomic E-state index is 13.2. The molecule has 27 heavy (non-hydrogen) atoms. The van der Waals surface area contributed by atoms with Crippen LogP contribution in [0.5, 0.6) is 0 Å². The molecule has 0 aromatic rings. The zero-order valence-corrected chi connectivity index (χ0v) is 15.6. The zero-order chi connectivity index (χ0) is 21.8. The molecule has 0 rings (SSSR count). The van der Waals surface area contributed by atoms with Crippen LogP contribution in [-0.4, -0.2) is 66.7 Å². The first-order valence-electron chi connectivity index (χ1n) is 7.32. The van der Waals surface area contributed by atoms with Gasteiger partial charge in [0.05, 0.1) is 0 Å². The van der Waals surface area contributed by atoms with Gasteiger partial charge in [-0.25, -0.2) is 13.2 Å². The molecule has 0 radical (unpaired) electrons. The van der Waals surface area contributed by atoms with Crippen LogP contribution >= 0.6 is 0 Å². The third-order valence-corrected chi connectivity index (χ3v) is 3.65. The molecule has 0 saturated carbocycles. The van der Waals surface area contributed by atoms with Gasteiger partial charge in [-0.15, -0.1) is 0 Å². The Morgan fingerprint density at radius 3 is 1.96 bits per heavy atom. The number of hydrogen-bond donors (Lipinski definition) is 0. The lowest BCUT2D eigenvalue weighted by Gasteiger charge is -2.29. The summed E-state index contributed by atoms with van der Waals surface area (Å²) in [7, 11) is -5.48. The number of alkyl halides is 5. The number of ether oxygens (including phenoxy) is 2. The smallest absolute Gasteiger partial charge is 0.432 e.